The molecule has 8 heteroatoms. The molecule has 0 aromatic carbocycles. The molecule has 1 N–H and O–H groups in total. The standard InChI is InChI=1S/C24H25N7O/c1-16-5-4-6-21(27-16)22-15-30(2)13-17-7-10-23(29-24(17)32-22)28-19-8-9-20(25-12-19)18-11-26-31(3)14-18/h4-12,14,22H,13,15H2,1-3H3,(H,28,29). The largest absolute Gasteiger partial charge is 0.466 e. The average molecular weight is 428 g/mol. The number of aromatic nitrogens is 5. The lowest BCUT2D eigenvalue weighted by atomic mass is 10.2. The highest BCUT2D eigenvalue weighted by Crippen LogP contribution is 2.30. The van der Waals surface area contributed by atoms with E-state index in [-0.39, 0.29) is 6.10 Å². The van der Waals surface area contributed by atoms with Crippen LogP contribution >= 0.6 is 0 Å². The summed E-state index contributed by atoms with van der Waals surface area (Å²) in [5.41, 5.74) is 5.66. The Balaban J connectivity index is 1.37. The third-order valence-corrected chi connectivity index (χ3v) is 5.39. The van der Waals surface area contributed by atoms with Crippen molar-refractivity contribution in [1.29, 1.82) is 0 Å². The van der Waals surface area contributed by atoms with Gasteiger partial charge in [-0.25, -0.2) is 0 Å². The number of rotatable bonds is 4. The fourth-order valence-electron chi connectivity index (χ4n) is 3.81. The van der Waals surface area contributed by atoms with E-state index >= 15 is 0 Å². The molecule has 0 saturated heterocycles. The molecule has 32 heavy (non-hydrogen) atoms. The third kappa shape index (κ3) is 4.31. The second-order valence-electron chi connectivity index (χ2n) is 8.13. The molecule has 5 rings (SSSR count). The van der Waals surface area contributed by atoms with Gasteiger partial charge in [0.1, 0.15) is 5.82 Å². The van der Waals surface area contributed by atoms with E-state index in [0.29, 0.717) is 11.7 Å². The molecule has 0 saturated carbocycles. The van der Waals surface area contributed by atoms with Crippen LogP contribution in [0, 0.1) is 6.92 Å². The lowest BCUT2D eigenvalue weighted by molar-refractivity contribution is 0.156. The van der Waals surface area contributed by atoms with Crippen LogP contribution in [-0.4, -0.2) is 43.2 Å². The zero-order chi connectivity index (χ0) is 22.1. The van der Waals surface area contributed by atoms with Crippen molar-refractivity contribution in [2.24, 2.45) is 7.05 Å². The van der Waals surface area contributed by atoms with Gasteiger partial charge in [0.15, 0.2) is 6.10 Å². The van der Waals surface area contributed by atoms with Crippen LogP contribution in [0.15, 0.2) is 61.1 Å². The van der Waals surface area contributed by atoms with Crippen LogP contribution < -0.4 is 10.1 Å². The van der Waals surface area contributed by atoms with Crippen molar-refractivity contribution in [3.8, 4) is 17.1 Å². The van der Waals surface area contributed by atoms with Crippen LogP contribution in [0.4, 0.5) is 11.5 Å². The molecule has 1 unspecified atom stereocenters. The molecular formula is C24H25N7O. The monoisotopic (exact) mass is 427 g/mol. The minimum atomic E-state index is -0.177. The zero-order valence-electron chi connectivity index (χ0n) is 18.4. The maximum Gasteiger partial charge on any atom is 0.220 e. The van der Waals surface area contributed by atoms with Gasteiger partial charge in [-0.05, 0) is 50.4 Å². The first-order chi connectivity index (χ1) is 15.5. The Labute approximate surface area is 186 Å². The van der Waals surface area contributed by atoms with Crippen LogP contribution in [0.3, 0.4) is 0 Å². The quantitative estimate of drug-likeness (QED) is 0.529. The van der Waals surface area contributed by atoms with Gasteiger partial charge in [-0.2, -0.15) is 10.1 Å². The molecule has 4 aromatic rings. The van der Waals surface area contributed by atoms with E-state index in [0.717, 1.165) is 47.0 Å². The fraction of sp³-hybridized carbons (Fsp3) is 0.250. The van der Waals surface area contributed by atoms with Crippen molar-refractivity contribution in [2.45, 2.75) is 19.6 Å². The molecule has 1 aliphatic rings. The number of anilines is 2. The molecular weight excluding hydrogens is 402 g/mol. The van der Waals surface area contributed by atoms with Crippen LogP contribution in [-0.2, 0) is 13.6 Å². The molecule has 0 amide bonds. The van der Waals surface area contributed by atoms with Gasteiger partial charge in [-0.1, -0.05) is 6.07 Å². The summed E-state index contributed by atoms with van der Waals surface area (Å²) < 4.78 is 8.11. The number of fused-ring (bicyclic) bond motifs is 1. The van der Waals surface area contributed by atoms with E-state index < -0.39 is 0 Å². The molecule has 1 atom stereocenters. The lowest BCUT2D eigenvalue weighted by Crippen LogP contribution is -2.24. The summed E-state index contributed by atoms with van der Waals surface area (Å²) in [6.45, 7) is 3.51. The van der Waals surface area contributed by atoms with Crippen LogP contribution in [0.2, 0.25) is 0 Å². The Morgan fingerprint density at radius 1 is 1.03 bits per heavy atom. The summed E-state index contributed by atoms with van der Waals surface area (Å²) in [4.78, 5) is 16.2. The maximum atomic E-state index is 6.35. The van der Waals surface area contributed by atoms with E-state index in [4.69, 9.17) is 9.72 Å². The molecule has 0 spiro atoms. The van der Waals surface area contributed by atoms with E-state index in [1.807, 2.05) is 56.6 Å². The molecule has 0 aliphatic carbocycles. The number of pyridine rings is 3. The molecule has 0 fully saturated rings. The molecule has 8 nitrogen and oxygen atoms in total. The highest BCUT2D eigenvalue weighted by molar-refractivity contribution is 5.62. The summed E-state index contributed by atoms with van der Waals surface area (Å²) in [6, 6.07) is 14.0. The number of likely N-dealkylation sites (N-methyl/N-ethyl adjacent to an activating group) is 1. The van der Waals surface area contributed by atoms with Gasteiger partial charge in [0.2, 0.25) is 5.88 Å². The fourth-order valence-corrected chi connectivity index (χ4v) is 3.81. The smallest absolute Gasteiger partial charge is 0.220 e. The molecule has 4 aromatic heterocycles. The minimum absolute atomic E-state index is 0.177. The van der Waals surface area contributed by atoms with Crippen LogP contribution in [0.25, 0.3) is 11.3 Å². The second kappa shape index (κ2) is 8.39. The Morgan fingerprint density at radius 2 is 1.94 bits per heavy atom. The predicted octanol–water partition coefficient (Wildman–Crippen LogP) is 3.89. The Morgan fingerprint density at radius 3 is 2.69 bits per heavy atom. The zero-order valence-corrected chi connectivity index (χ0v) is 18.4. The summed E-state index contributed by atoms with van der Waals surface area (Å²) >= 11 is 0. The van der Waals surface area contributed by atoms with E-state index in [1.165, 1.54) is 0 Å². The topological polar surface area (TPSA) is 81.0 Å². The van der Waals surface area contributed by atoms with Gasteiger partial charge in [0.25, 0.3) is 0 Å². The summed E-state index contributed by atoms with van der Waals surface area (Å²) in [6.07, 6.45) is 5.36. The SMILES string of the molecule is Cc1cccc(C2CN(C)Cc3ccc(Nc4ccc(-c5cnn(C)c5)nc4)nc3O2)n1. The van der Waals surface area contributed by atoms with Crippen molar-refractivity contribution >= 4 is 11.5 Å². The van der Waals surface area contributed by atoms with Crippen molar-refractivity contribution in [1.82, 2.24) is 29.6 Å². The third-order valence-electron chi connectivity index (χ3n) is 5.39. The van der Waals surface area contributed by atoms with Gasteiger partial charge in [0, 0.05) is 43.2 Å². The first-order valence-electron chi connectivity index (χ1n) is 10.5. The predicted molar refractivity (Wildman–Crippen MR) is 123 cm³/mol. The number of ether oxygens (including phenoxy) is 1. The van der Waals surface area contributed by atoms with Gasteiger partial charge in [-0.3, -0.25) is 19.5 Å². The van der Waals surface area contributed by atoms with Crippen molar-refractivity contribution in [3.05, 3.63) is 78.0 Å². The first-order valence-corrected chi connectivity index (χ1v) is 10.5. The van der Waals surface area contributed by atoms with Gasteiger partial charge < -0.3 is 10.1 Å². The number of hydrogen-bond donors (Lipinski definition) is 1. The normalized spacial score (nSPS) is 16.2. The van der Waals surface area contributed by atoms with Gasteiger partial charge in [0.05, 0.1) is 29.5 Å². The summed E-state index contributed by atoms with van der Waals surface area (Å²) in [5, 5.41) is 7.53. The highest BCUT2D eigenvalue weighted by atomic mass is 16.5. The maximum absolute atomic E-state index is 6.35. The molecule has 0 bridgehead atoms. The number of aryl methyl sites for hydroxylation is 2. The van der Waals surface area contributed by atoms with Gasteiger partial charge >= 0.3 is 0 Å². The molecule has 1 aliphatic heterocycles. The average Bonchev–Trinajstić information content (AvgIpc) is 3.14. The molecule has 162 valence electrons. The Hall–Kier alpha value is -3.78. The van der Waals surface area contributed by atoms with Gasteiger partial charge in [-0.15, -0.1) is 0 Å². The minimum Gasteiger partial charge on any atom is -0.466 e. The van der Waals surface area contributed by atoms with E-state index in [1.54, 1.807) is 17.1 Å². The Bertz CT molecular complexity index is 1240. The second-order valence-corrected chi connectivity index (χ2v) is 8.13. The van der Waals surface area contributed by atoms with Crippen molar-refractivity contribution in [2.75, 3.05) is 18.9 Å². The van der Waals surface area contributed by atoms with Crippen molar-refractivity contribution in [3.63, 3.8) is 0 Å². The summed E-state index contributed by atoms with van der Waals surface area (Å²) in [7, 11) is 3.98. The van der Waals surface area contributed by atoms with E-state index in [9.17, 15) is 0 Å². The number of nitrogens with one attached hydrogen (secondary N) is 1. The number of hydrogen-bond acceptors (Lipinski definition) is 7. The number of nitrogens with zero attached hydrogens (tertiary/aromatic N) is 6. The van der Waals surface area contributed by atoms with Crippen LogP contribution in [0.1, 0.15) is 23.1 Å². The first kappa shape index (κ1) is 20.1. The Kier molecular flexibility index (Phi) is 5.28. The lowest BCUT2D eigenvalue weighted by Gasteiger charge is -2.19. The summed E-state index contributed by atoms with van der Waals surface area (Å²) in [5.74, 6) is 1.34. The molecule has 5 heterocycles. The highest BCUT2D eigenvalue weighted by Gasteiger charge is 2.24. The molecule has 0 radical (unpaired) electrons. The van der Waals surface area contributed by atoms with Crippen molar-refractivity contribution < 1.29 is 4.74 Å². The van der Waals surface area contributed by atoms with E-state index in [2.05, 4.69) is 38.4 Å². The van der Waals surface area contributed by atoms with Crippen LogP contribution in [0.5, 0.6) is 5.88 Å².